The van der Waals surface area contributed by atoms with Gasteiger partial charge in [0.1, 0.15) is 0 Å². The third kappa shape index (κ3) is 2.40. The van der Waals surface area contributed by atoms with E-state index in [2.05, 4.69) is 12.2 Å². The number of hydrogen-bond donors (Lipinski definition) is 2. The summed E-state index contributed by atoms with van der Waals surface area (Å²) in [4.78, 5) is 12.1. The van der Waals surface area contributed by atoms with Crippen LogP contribution in [0.5, 0.6) is 0 Å². The zero-order valence-corrected chi connectivity index (χ0v) is 10.3. The van der Waals surface area contributed by atoms with Gasteiger partial charge in [0.15, 0.2) is 0 Å². The van der Waals surface area contributed by atoms with Gasteiger partial charge in [0.05, 0.1) is 0 Å². The largest absolute Gasteiger partial charge is 0.350 e. The van der Waals surface area contributed by atoms with Crippen molar-refractivity contribution in [2.75, 3.05) is 0 Å². The lowest BCUT2D eigenvalue weighted by Gasteiger charge is -2.43. The van der Waals surface area contributed by atoms with Gasteiger partial charge in [0, 0.05) is 17.5 Å². The molecule has 3 heteroatoms. The summed E-state index contributed by atoms with van der Waals surface area (Å²) >= 11 is 0. The smallest absolute Gasteiger partial charge is 0.223 e. The lowest BCUT2D eigenvalue weighted by Crippen LogP contribution is -2.55. The second kappa shape index (κ2) is 4.74. The minimum atomic E-state index is 0.138. The Bertz CT molecular complexity index is 255. The first-order valence-electron chi connectivity index (χ1n) is 6.73. The molecular weight excluding hydrogens is 200 g/mol. The third-order valence-corrected chi connectivity index (χ3v) is 4.46. The second-order valence-electron chi connectivity index (χ2n) is 5.60. The van der Waals surface area contributed by atoms with Crippen molar-refractivity contribution >= 4 is 5.91 Å². The summed E-state index contributed by atoms with van der Waals surface area (Å²) in [6, 6.07) is 0.239. The Kier molecular flexibility index (Phi) is 3.53. The topological polar surface area (TPSA) is 55.1 Å². The molecular formula is C13H24N2O. The van der Waals surface area contributed by atoms with Crippen LogP contribution in [0, 0.1) is 5.92 Å². The fourth-order valence-corrected chi connectivity index (χ4v) is 3.00. The highest BCUT2D eigenvalue weighted by molar-refractivity contribution is 5.79. The lowest BCUT2D eigenvalue weighted by molar-refractivity contribution is -0.129. The summed E-state index contributed by atoms with van der Waals surface area (Å²) in [6.07, 6.45) is 8.75. The molecule has 0 aromatic heterocycles. The fraction of sp³-hybridized carbons (Fsp3) is 0.923. The highest BCUT2D eigenvalue weighted by atomic mass is 16.2. The van der Waals surface area contributed by atoms with Crippen LogP contribution < -0.4 is 11.1 Å². The Balaban J connectivity index is 1.87. The van der Waals surface area contributed by atoms with E-state index in [1.165, 1.54) is 6.42 Å². The fourth-order valence-electron chi connectivity index (χ4n) is 3.00. The van der Waals surface area contributed by atoms with E-state index in [4.69, 9.17) is 5.73 Å². The van der Waals surface area contributed by atoms with Gasteiger partial charge < -0.3 is 11.1 Å². The van der Waals surface area contributed by atoms with Gasteiger partial charge in [0.25, 0.3) is 0 Å². The summed E-state index contributed by atoms with van der Waals surface area (Å²) in [5, 5.41) is 3.28. The molecule has 0 radical (unpaired) electrons. The molecule has 0 heterocycles. The van der Waals surface area contributed by atoms with Gasteiger partial charge >= 0.3 is 0 Å². The first-order valence-corrected chi connectivity index (χ1v) is 6.73. The van der Waals surface area contributed by atoms with Crippen molar-refractivity contribution in [3.05, 3.63) is 0 Å². The first kappa shape index (κ1) is 11.9. The molecule has 2 aliphatic carbocycles. The maximum Gasteiger partial charge on any atom is 0.223 e. The number of amides is 1. The van der Waals surface area contributed by atoms with Crippen molar-refractivity contribution in [3.8, 4) is 0 Å². The molecule has 2 rings (SSSR count). The molecule has 3 N–H and O–H groups in total. The van der Waals surface area contributed by atoms with E-state index >= 15 is 0 Å². The van der Waals surface area contributed by atoms with E-state index in [1.54, 1.807) is 0 Å². The molecule has 0 saturated heterocycles. The van der Waals surface area contributed by atoms with E-state index in [-0.39, 0.29) is 23.4 Å². The minimum Gasteiger partial charge on any atom is -0.350 e. The van der Waals surface area contributed by atoms with Crippen LogP contribution >= 0.6 is 0 Å². The molecule has 2 atom stereocenters. The number of carbonyl (C=O) groups is 1. The quantitative estimate of drug-likeness (QED) is 0.770. The summed E-state index contributed by atoms with van der Waals surface area (Å²) in [5.41, 5.74) is 6.06. The van der Waals surface area contributed by atoms with Crippen LogP contribution in [0.3, 0.4) is 0 Å². The van der Waals surface area contributed by atoms with Crippen LogP contribution in [0.2, 0.25) is 0 Å². The minimum absolute atomic E-state index is 0.138. The van der Waals surface area contributed by atoms with Crippen molar-refractivity contribution in [3.63, 3.8) is 0 Å². The third-order valence-electron chi connectivity index (χ3n) is 4.46. The number of rotatable bonds is 3. The van der Waals surface area contributed by atoms with E-state index < -0.39 is 0 Å². The summed E-state index contributed by atoms with van der Waals surface area (Å²) in [5.74, 6) is 0.435. The molecule has 2 fully saturated rings. The number of carbonyl (C=O) groups excluding carboxylic acids is 1. The SMILES string of the molecule is CCC1(NC(=O)C2CCCC(N)C2)CCC1. The molecule has 0 bridgehead atoms. The normalized spacial score (nSPS) is 32.9. The van der Waals surface area contributed by atoms with Gasteiger partial charge in [-0.25, -0.2) is 0 Å². The lowest BCUT2D eigenvalue weighted by atomic mass is 9.74. The first-order chi connectivity index (χ1) is 7.65. The summed E-state index contributed by atoms with van der Waals surface area (Å²) in [7, 11) is 0. The monoisotopic (exact) mass is 224 g/mol. The molecule has 92 valence electrons. The van der Waals surface area contributed by atoms with E-state index in [1.807, 2.05) is 0 Å². The second-order valence-corrected chi connectivity index (χ2v) is 5.60. The number of hydrogen-bond acceptors (Lipinski definition) is 2. The van der Waals surface area contributed by atoms with Gasteiger partial charge in [-0.15, -0.1) is 0 Å². The average Bonchev–Trinajstić information content (AvgIpc) is 2.23. The average molecular weight is 224 g/mol. The number of nitrogens with one attached hydrogen (secondary N) is 1. The van der Waals surface area contributed by atoms with E-state index in [0.717, 1.165) is 44.9 Å². The standard InChI is InChI=1S/C13H24N2O/c1-2-13(7-4-8-13)15-12(16)10-5-3-6-11(14)9-10/h10-11H,2-9,14H2,1H3,(H,15,16). The van der Waals surface area contributed by atoms with Gasteiger partial charge in [-0.3, -0.25) is 4.79 Å². The predicted octanol–water partition coefficient (Wildman–Crippen LogP) is 1.95. The predicted molar refractivity (Wildman–Crippen MR) is 64.9 cm³/mol. The van der Waals surface area contributed by atoms with E-state index in [0.29, 0.717) is 0 Å². The highest BCUT2D eigenvalue weighted by Crippen LogP contribution is 2.35. The van der Waals surface area contributed by atoms with Crippen molar-refractivity contribution in [2.45, 2.75) is 69.9 Å². The Labute approximate surface area is 98.2 Å². The van der Waals surface area contributed by atoms with Crippen molar-refractivity contribution in [2.24, 2.45) is 11.7 Å². The summed E-state index contributed by atoms with van der Waals surface area (Å²) in [6.45, 7) is 2.17. The molecule has 0 aromatic rings. The Morgan fingerprint density at radius 1 is 1.38 bits per heavy atom. The Hall–Kier alpha value is -0.570. The molecule has 2 saturated carbocycles. The van der Waals surface area contributed by atoms with E-state index in [9.17, 15) is 4.79 Å². The molecule has 0 spiro atoms. The molecule has 0 aromatic carbocycles. The van der Waals surface area contributed by atoms with Gasteiger partial charge in [0.2, 0.25) is 5.91 Å². The molecule has 16 heavy (non-hydrogen) atoms. The Morgan fingerprint density at radius 2 is 2.12 bits per heavy atom. The van der Waals surface area contributed by atoms with Crippen molar-refractivity contribution < 1.29 is 4.79 Å². The Morgan fingerprint density at radius 3 is 2.62 bits per heavy atom. The van der Waals surface area contributed by atoms with Gasteiger partial charge in [-0.05, 0) is 44.9 Å². The van der Waals surface area contributed by atoms with Crippen LogP contribution in [0.15, 0.2) is 0 Å². The maximum atomic E-state index is 12.1. The molecule has 3 nitrogen and oxygen atoms in total. The van der Waals surface area contributed by atoms with Crippen molar-refractivity contribution in [1.29, 1.82) is 0 Å². The van der Waals surface area contributed by atoms with Crippen LogP contribution in [0.25, 0.3) is 0 Å². The highest BCUT2D eigenvalue weighted by Gasteiger charge is 2.38. The number of nitrogens with two attached hydrogens (primary N) is 1. The van der Waals surface area contributed by atoms with Crippen LogP contribution in [0.4, 0.5) is 0 Å². The van der Waals surface area contributed by atoms with Crippen LogP contribution in [-0.4, -0.2) is 17.5 Å². The molecule has 2 aliphatic rings. The molecule has 1 amide bonds. The van der Waals surface area contributed by atoms with Crippen molar-refractivity contribution in [1.82, 2.24) is 5.32 Å². The van der Waals surface area contributed by atoms with Gasteiger partial charge in [-0.2, -0.15) is 0 Å². The zero-order chi connectivity index (χ0) is 11.6. The molecule has 0 aliphatic heterocycles. The molecule has 2 unspecified atom stereocenters. The van der Waals surface area contributed by atoms with Gasteiger partial charge in [-0.1, -0.05) is 13.3 Å². The maximum absolute atomic E-state index is 12.1. The van der Waals surface area contributed by atoms with Crippen LogP contribution in [0.1, 0.15) is 58.3 Å². The van der Waals surface area contributed by atoms with Crippen LogP contribution in [-0.2, 0) is 4.79 Å². The zero-order valence-electron chi connectivity index (χ0n) is 10.3. The summed E-state index contributed by atoms with van der Waals surface area (Å²) < 4.78 is 0.